The molecular formula is C22H27N5O6S. The van der Waals surface area contributed by atoms with E-state index in [1.165, 1.54) is 25.2 Å². The Morgan fingerprint density at radius 3 is 2.47 bits per heavy atom. The Kier molecular flexibility index (Phi) is 7.40. The highest BCUT2D eigenvalue weighted by Gasteiger charge is 2.28. The first-order valence-electron chi connectivity index (χ1n) is 10.5. The lowest BCUT2D eigenvalue weighted by Gasteiger charge is -2.22. The summed E-state index contributed by atoms with van der Waals surface area (Å²) in [6.45, 7) is 7.29. The molecule has 12 heteroatoms. The van der Waals surface area contributed by atoms with E-state index in [-0.39, 0.29) is 34.9 Å². The molecule has 0 aliphatic carbocycles. The number of furan rings is 1. The minimum atomic E-state index is -1.88. The predicted octanol–water partition coefficient (Wildman–Crippen LogP) is 2.55. The zero-order valence-electron chi connectivity index (χ0n) is 19.4. The number of rotatable bonds is 7. The summed E-state index contributed by atoms with van der Waals surface area (Å²) >= 11 is -1.88. The number of aliphatic carboxylic acids is 1. The lowest BCUT2D eigenvalue weighted by atomic mass is 10.0. The summed E-state index contributed by atoms with van der Waals surface area (Å²) in [7, 11) is 1.32. The van der Waals surface area contributed by atoms with E-state index >= 15 is 0 Å². The van der Waals surface area contributed by atoms with Crippen LogP contribution in [-0.4, -0.2) is 56.5 Å². The zero-order chi connectivity index (χ0) is 25.2. The number of phenols is 1. The number of para-hydroxylation sites is 1. The van der Waals surface area contributed by atoms with E-state index in [1.807, 2.05) is 33.8 Å². The number of amidine groups is 2. The molecule has 4 N–H and O–H groups in total. The molecule has 11 nitrogen and oxygen atoms in total. The number of carbonyl (C=O) groups is 2. The van der Waals surface area contributed by atoms with Gasteiger partial charge in [-0.15, -0.1) is 8.80 Å². The number of phenolic OH excluding ortho intramolecular Hbond substituents is 1. The van der Waals surface area contributed by atoms with Gasteiger partial charge in [0.2, 0.25) is 0 Å². The maximum atomic E-state index is 12.6. The SMILES string of the molecule is Cc1cc(C(NC2=NS(=O)N=C2Nc2cccc(C(=O)N(C)CC(=O)O)c2O)C(C)C)oc1C. The molecule has 34 heavy (non-hydrogen) atoms. The first-order chi connectivity index (χ1) is 16.0. The first-order valence-corrected chi connectivity index (χ1v) is 11.5. The molecule has 0 fully saturated rings. The van der Waals surface area contributed by atoms with Crippen molar-refractivity contribution in [3.8, 4) is 5.75 Å². The number of benzene rings is 1. The van der Waals surface area contributed by atoms with Gasteiger partial charge in [-0.1, -0.05) is 19.9 Å². The van der Waals surface area contributed by atoms with Crippen LogP contribution in [0.5, 0.6) is 5.75 Å². The molecule has 3 rings (SSSR count). The Morgan fingerprint density at radius 2 is 1.88 bits per heavy atom. The Balaban J connectivity index is 1.84. The van der Waals surface area contributed by atoms with E-state index in [2.05, 4.69) is 19.4 Å². The van der Waals surface area contributed by atoms with Gasteiger partial charge in [-0.25, -0.2) is 4.21 Å². The molecule has 0 bridgehead atoms. The summed E-state index contributed by atoms with van der Waals surface area (Å²) in [6.07, 6.45) is 0. The van der Waals surface area contributed by atoms with Crippen molar-refractivity contribution in [1.29, 1.82) is 0 Å². The number of nitrogens with zero attached hydrogens (tertiary/aromatic N) is 3. The fourth-order valence-corrected chi connectivity index (χ4v) is 3.96. The van der Waals surface area contributed by atoms with Crippen LogP contribution in [0.1, 0.15) is 47.3 Å². The molecule has 1 aromatic carbocycles. The topological polar surface area (TPSA) is 157 Å². The fourth-order valence-electron chi connectivity index (χ4n) is 3.33. The third-order valence-corrected chi connectivity index (χ3v) is 5.93. The molecule has 1 aromatic heterocycles. The van der Waals surface area contributed by atoms with Crippen molar-refractivity contribution in [2.75, 3.05) is 18.9 Å². The van der Waals surface area contributed by atoms with Crippen LogP contribution in [0.25, 0.3) is 0 Å². The van der Waals surface area contributed by atoms with Gasteiger partial charge >= 0.3 is 5.97 Å². The predicted molar refractivity (Wildman–Crippen MR) is 128 cm³/mol. The van der Waals surface area contributed by atoms with Gasteiger partial charge in [0.15, 0.2) is 17.4 Å². The summed E-state index contributed by atoms with van der Waals surface area (Å²) in [4.78, 5) is 24.4. The monoisotopic (exact) mass is 489 g/mol. The number of hydrogen-bond donors (Lipinski definition) is 4. The van der Waals surface area contributed by atoms with Gasteiger partial charge in [0, 0.05) is 7.05 Å². The third-order valence-electron chi connectivity index (χ3n) is 5.25. The maximum Gasteiger partial charge on any atom is 0.323 e. The number of aromatic hydroxyl groups is 1. The van der Waals surface area contributed by atoms with E-state index < -0.39 is 35.3 Å². The number of likely N-dealkylation sites (N-methyl/N-ethyl adjacent to an activating group) is 1. The number of carbonyl (C=O) groups excluding carboxylic acids is 1. The molecule has 1 amide bonds. The molecule has 182 valence electrons. The number of anilines is 1. The lowest BCUT2D eigenvalue weighted by Crippen LogP contribution is -2.38. The molecule has 0 saturated carbocycles. The lowest BCUT2D eigenvalue weighted by molar-refractivity contribution is -0.137. The van der Waals surface area contributed by atoms with Crippen molar-refractivity contribution < 1.29 is 28.4 Å². The van der Waals surface area contributed by atoms with Crippen molar-refractivity contribution in [3.63, 3.8) is 0 Å². The molecule has 1 aliphatic heterocycles. The summed E-state index contributed by atoms with van der Waals surface area (Å²) in [5, 5.41) is 25.7. The molecule has 0 radical (unpaired) electrons. The van der Waals surface area contributed by atoms with Gasteiger partial charge in [0.1, 0.15) is 18.1 Å². The van der Waals surface area contributed by atoms with Crippen molar-refractivity contribution in [2.24, 2.45) is 14.7 Å². The average Bonchev–Trinajstić information content (AvgIpc) is 3.27. The van der Waals surface area contributed by atoms with Crippen LogP contribution >= 0.6 is 0 Å². The van der Waals surface area contributed by atoms with Gasteiger partial charge in [0.05, 0.1) is 17.3 Å². The quantitative estimate of drug-likeness (QED) is 0.432. The Bertz CT molecular complexity index is 1180. The molecule has 2 aromatic rings. The minimum absolute atomic E-state index is 0.0852. The Hall–Kier alpha value is -3.67. The second-order valence-electron chi connectivity index (χ2n) is 8.25. The summed E-state index contributed by atoms with van der Waals surface area (Å²) < 4.78 is 26.0. The van der Waals surface area contributed by atoms with Crippen molar-refractivity contribution in [1.82, 2.24) is 10.2 Å². The van der Waals surface area contributed by atoms with Crippen LogP contribution in [-0.2, 0) is 16.0 Å². The second-order valence-corrected chi connectivity index (χ2v) is 9.07. The summed E-state index contributed by atoms with van der Waals surface area (Å²) in [5.41, 5.74) is 1.03. The number of aryl methyl sites for hydroxylation is 2. The summed E-state index contributed by atoms with van der Waals surface area (Å²) in [5.74, 6) is -0.348. The molecule has 2 atom stereocenters. The Morgan fingerprint density at radius 1 is 1.21 bits per heavy atom. The number of carboxylic acids is 1. The van der Waals surface area contributed by atoms with E-state index in [1.54, 1.807) is 0 Å². The van der Waals surface area contributed by atoms with E-state index in [4.69, 9.17) is 9.52 Å². The Labute approximate surface area is 199 Å². The fraction of sp³-hybridized carbons (Fsp3) is 0.364. The first kappa shape index (κ1) is 25.0. The molecule has 2 heterocycles. The van der Waals surface area contributed by atoms with Gasteiger partial charge in [0.25, 0.3) is 17.1 Å². The highest BCUT2D eigenvalue weighted by Crippen LogP contribution is 2.30. The largest absolute Gasteiger partial charge is 0.505 e. The normalized spacial score (nSPS) is 16.1. The second kappa shape index (κ2) is 10.1. The molecule has 0 saturated heterocycles. The van der Waals surface area contributed by atoms with Gasteiger partial charge in [-0.2, -0.15) is 0 Å². The minimum Gasteiger partial charge on any atom is -0.505 e. The van der Waals surface area contributed by atoms with E-state index in [0.29, 0.717) is 5.76 Å². The van der Waals surface area contributed by atoms with E-state index in [0.717, 1.165) is 16.2 Å². The number of carboxylic acid groups (broad SMARTS) is 1. The van der Waals surface area contributed by atoms with Crippen LogP contribution in [0.4, 0.5) is 5.69 Å². The van der Waals surface area contributed by atoms with Crippen LogP contribution in [0.3, 0.4) is 0 Å². The number of hydrogen-bond acceptors (Lipinski definition) is 7. The van der Waals surface area contributed by atoms with Crippen LogP contribution in [0.2, 0.25) is 0 Å². The highest BCUT2D eigenvalue weighted by molar-refractivity contribution is 7.83. The van der Waals surface area contributed by atoms with Crippen LogP contribution in [0.15, 0.2) is 37.5 Å². The standard InChI is InChI=1S/C22H27N5O6S/c1-11(2)18(16-9-12(3)13(4)33-16)24-21-20(25-34(32)26-21)23-15-8-6-7-14(19(15)30)22(31)27(5)10-17(28)29/h6-9,11,18,30H,10H2,1-5H3,(H,23,25)(H,24,26)(H,28,29). The third kappa shape index (κ3) is 5.45. The average molecular weight is 490 g/mol. The van der Waals surface area contributed by atoms with Gasteiger partial charge in [-0.05, 0) is 43.5 Å². The molecular weight excluding hydrogens is 462 g/mol. The van der Waals surface area contributed by atoms with Gasteiger partial charge in [-0.3, -0.25) is 9.59 Å². The van der Waals surface area contributed by atoms with Crippen molar-refractivity contribution in [3.05, 3.63) is 46.9 Å². The maximum absolute atomic E-state index is 12.6. The van der Waals surface area contributed by atoms with Gasteiger partial charge < -0.3 is 30.2 Å². The van der Waals surface area contributed by atoms with Crippen molar-refractivity contribution in [2.45, 2.75) is 33.7 Å². The van der Waals surface area contributed by atoms with Crippen LogP contribution in [0, 0.1) is 19.8 Å². The molecule has 0 spiro atoms. The smallest absolute Gasteiger partial charge is 0.323 e. The number of nitrogens with one attached hydrogen (secondary N) is 2. The highest BCUT2D eigenvalue weighted by atomic mass is 32.2. The molecule has 2 unspecified atom stereocenters. The van der Waals surface area contributed by atoms with Crippen LogP contribution < -0.4 is 10.6 Å². The number of amides is 1. The van der Waals surface area contributed by atoms with Crippen molar-refractivity contribution >= 4 is 40.4 Å². The van der Waals surface area contributed by atoms with E-state index in [9.17, 15) is 18.9 Å². The molecule has 1 aliphatic rings. The summed E-state index contributed by atoms with van der Waals surface area (Å²) in [6, 6.07) is 6.03. The zero-order valence-corrected chi connectivity index (χ0v) is 20.3.